The molecule has 3 rings (SSSR count). The summed E-state index contributed by atoms with van der Waals surface area (Å²) in [6.45, 7) is 11.4. The first-order valence-electron chi connectivity index (χ1n) is 8.29. The summed E-state index contributed by atoms with van der Waals surface area (Å²) in [6.07, 6.45) is 2.67. The van der Waals surface area contributed by atoms with Gasteiger partial charge in [-0.15, -0.1) is 11.3 Å². The largest absolute Gasteiger partial charge is 0.346 e. The van der Waals surface area contributed by atoms with Gasteiger partial charge in [0.2, 0.25) is 0 Å². The zero-order valence-electron chi connectivity index (χ0n) is 13.6. The topological polar surface area (TPSA) is 31.4 Å². The molecule has 2 fully saturated rings. The summed E-state index contributed by atoms with van der Waals surface area (Å²) in [4.78, 5) is 11.5. The fraction of sp³-hybridized carbons (Fsp3) is 0.812. The zero-order valence-corrected chi connectivity index (χ0v) is 14.4. The van der Waals surface area contributed by atoms with Crippen LogP contribution in [0.3, 0.4) is 0 Å². The number of aromatic nitrogens is 1. The van der Waals surface area contributed by atoms with Crippen molar-refractivity contribution >= 4 is 16.5 Å². The van der Waals surface area contributed by atoms with Gasteiger partial charge in [0, 0.05) is 50.1 Å². The van der Waals surface area contributed by atoms with E-state index in [1.165, 1.54) is 48.2 Å². The van der Waals surface area contributed by atoms with Crippen LogP contribution in [0.4, 0.5) is 5.13 Å². The molecule has 1 saturated heterocycles. The maximum Gasteiger partial charge on any atom is 0.185 e. The summed E-state index contributed by atoms with van der Waals surface area (Å²) < 4.78 is 0. The second kappa shape index (κ2) is 6.63. The van der Waals surface area contributed by atoms with Crippen LogP contribution in [0.15, 0.2) is 0 Å². The number of nitrogens with zero attached hydrogens (tertiary/aromatic N) is 3. The highest BCUT2D eigenvalue weighted by Gasteiger charge is 2.30. The summed E-state index contributed by atoms with van der Waals surface area (Å²) in [5, 5.41) is 4.55. The fourth-order valence-corrected chi connectivity index (χ4v) is 4.30. The van der Waals surface area contributed by atoms with E-state index in [4.69, 9.17) is 4.98 Å². The molecule has 0 unspecified atom stereocenters. The molecular formula is C16H28N4S. The van der Waals surface area contributed by atoms with Crippen LogP contribution in [-0.4, -0.2) is 49.7 Å². The average Bonchev–Trinajstić information content (AvgIpc) is 3.21. The Labute approximate surface area is 132 Å². The van der Waals surface area contributed by atoms with Gasteiger partial charge in [-0.2, -0.15) is 0 Å². The molecule has 5 heteroatoms. The third-order valence-electron chi connectivity index (χ3n) is 4.28. The lowest BCUT2D eigenvalue weighted by molar-refractivity contribution is 0.231. The van der Waals surface area contributed by atoms with E-state index >= 15 is 0 Å². The van der Waals surface area contributed by atoms with Crippen LogP contribution in [0.5, 0.6) is 0 Å². The van der Waals surface area contributed by atoms with Crippen LogP contribution in [0, 0.1) is 5.92 Å². The van der Waals surface area contributed by atoms with Crippen molar-refractivity contribution in [3.8, 4) is 0 Å². The van der Waals surface area contributed by atoms with E-state index in [0.717, 1.165) is 31.5 Å². The Balaban J connectivity index is 1.63. The number of anilines is 1. The predicted molar refractivity (Wildman–Crippen MR) is 90.3 cm³/mol. The van der Waals surface area contributed by atoms with Gasteiger partial charge in [0.15, 0.2) is 5.13 Å². The van der Waals surface area contributed by atoms with Crippen molar-refractivity contribution in [2.75, 3.05) is 44.7 Å². The number of piperazine rings is 1. The Kier molecular flexibility index (Phi) is 4.82. The van der Waals surface area contributed by atoms with Gasteiger partial charge in [0.1, 0.15) is 0 Å². The van der Waals surface area contributed by atoms with E-state index < -0.39 is 0 Å². The highest BCUT2D eigenvalue weighted by atomic mass is 32.1. The second-order valence-corrected chi connectivity index (χ2v) is 7.85. The van der Waals surface area contributed by atoms with Gasteiger partial charge in [-0.25, -0.2) is 4.98 Å². The maximum atomic E-state index is 4.99. The van der Waals surface area contributed by atoms with Gasteiger partial charge in [-0.05, 0) is 25.8 Å². The lowest BCUT2D eigenvalue weighted by Crippen LogP contribution is -2.47. The average molecular weight is 308 g/mol. The van der Waals surface area contributed by atoms with E-state index in [9.17, 15) is 0 Å². The minimum absolute atomic E-state index is 0.751. The van der Waals surface area contributed by atoms with Crippen molar-refractivity contribution in [1.29, 1.82) is 0 Å². The maximum absolute atomic E-state index is 4.99. The smallest absolute Gasteiger partial charge is 0.185 e. The molecule has 118 valence electrons. The Morgan fingerprint density at radius 1 is 1.24 bits per heavy atom. The van der Waals surface area contributed by atoms with Gasteiger partial charge < -0.3 is 10.2 Å². The molecule has 0 amide bonds. The van der Waals surface area contributed by atoms with Crippen LogP contribution in [0.25, 0.3) is 0 Å². The SMILES string of the molecule is CNCc1sc(N2CCN(CC(C)C)CC2)nc1C1CC1. The van der Waals surface area contributed by atoms with Crippen LogP contribution < -0.4 is 10.2 Å². The quantitative estimate of drug-likeness (QED) is 0.875. The Morgan fingerprint density at radius 2 is 1.95 bits per heavy atom. The van der Waals surface area contributed by atoms with Crippen LogP contribution in [0.2, 0.25) is 0 Å². The van der Waals surface area contributed by atoms with E-state index in [1.807, 2.05) is 18.4 Å². The van der Waals surface area contributed by atoms with Crippen LogP contribution >= 0.6 is 11.3 Å². The molecule has 1 saturated carbocycles. The minimum atomic E-state index is 0.751. The predicted octanol–water partition coefficient (Wildman–Crippen LogP) is 2.52. The lowest BCUT2D eigenvalue weighted by Gasteiger charge is -2.35. The first-order chi connectivity index (χ1) is 10.2. The Morgan fingerprint density at radius 3 is 2.52 bits per heavy atom. The summed E-state index contributed by atoms with van der Waals surface area (Å²) >= 11 is 1.91. The molecule has 2 aliphatic rings. The first kappa shape index (κ1) is 15.3. The molecule has 1 aliphatic heterocycles. The third-order valence-corrected chi connectivity index (χ3v) is 5.42. The number of hydrogen-bond donors (Lipinski definition) is 1. The van der Waals surface area contributed by atoms with Gasteiger partial charge >= 0.3 is 0 Å². The normalized spacial score (nSPS) is 20.5. The van der Waals surface area contributed by atoms with Crippen LogP contribution in [-0.2, 0) is 6.54 Å². The van der Waals surface area contributed by atoms with Crippen molar-refractivity contribution in [2.24, 2.45) is 5.92 Å². The number of nitrogens with one attached hydrogen (secondary N) is 1. The van der Waals surface area contributed by atoms with E-state index in [1.54, 1.807) is 0 Å². The van der Waals surface area contributed by atoms with Crippen LogP contribution in [0.1, 0.15) is 43.2 Å². The van der Waals surface area contributed by atoms with Gasteiger partial charge in [-0.3, -0.25) is 4.90 Å². The van der Waals surface area contributed by atoms with Crippen molar-refractivity contribution in [2.45, 2.75) is 39.2 Å². The molecule has 0 atom stereocenters. The molecule has 0 bridgehead atoms. The molecule has 1 aromatic rings. The molecule has 2 heterocycles. The molecular weight excluding hydrogens is 280 g/mol. The van der Waals surface area contributed by atoms with E-state index in [-0.39, 0.29) is 0 Å². The van der Waals surface area contributed by atoms with Gasteiger partial charge in [-0.1, -0.05) is 13.8 Å². The Bertz CT molecular complexity index is 459. The van der Waals surface area contributed by atoms with Crippen molar-refractivity contribution in [3.05, 3.63) is 10.6 Å². The van der Waals surface area contributed by atoms with Crippen molar-refractivity contribution < 1.29 is 0 Å². The van der Waals surface area contributed by atoms with Gasteiger partial charge in [0.05, 0.1) is 5.69 Å². The summed E-state index contributed by atoms with van der Waals surface area (Å²) in [6, 6.07) is 0. The standard InChI is InChI=1S/C16H28N4S/c1-12(2)11-19-6-8-20(9-7-19)16-18-15(13-4-5-13)14(21-16)10-17-3/h12-13,17H,4-11H2,1-3H3. The number of thiazole rings is 1. The molecule has 0 spiro atoms. The second-order valence-electron chi connectivity index (χ2n) is 6.79. The summed E-state index contributed by atoms with van der Waals surface area (Å²) in [5.41, 5.74) is 1.38. The summed E-state index contributed by atoms with van der Waals surface area (Å²) in [7, 11) is 2.03. The van der Waals surface area contributed by atoms with Gasteiger partial charge in [0.25, 0.3) is 0 Å². The lowest BCUT2D eigenvalue weighted by atomic mass is 10.2. The molecule has 21 heavy (non-hydrogen) atoms. The number of hydrogen-bond acceptors (Lipinski definition) is 5. The third kappa shape index (κ3) is 3.76. The molecule has 1 N–H and O–H groups in total. The molecule has 0 aromatic carbocycles. The fourth-order valence-electron chi connectivity index (χ4n) is 3.09. The van der Waals surface area contributed by atoms with Crippen molar-refractivity contribution in [3.63, 3.8) is 0 Å². The van der Waals surface area contributed by atoms with Crippen molar-refractivity contribution in [1.82, 2.24) is 15.2 Å². The molecule has 1 aliphatic carbocycles. The zero-order chi connectivity index (χ0) is 14.8. The first-order valence-corrected chi connectivity index (χ1v) is 9.10. The highest BCUT2D eigenvalue weighted by molar-refractivity contribution is 7.15. The minimum Gasteiger partial charge on any atom is -0.346 e. The van der Waals surface area contributed by atoms with E-state index in [0.29, 0.717) is 0 Å². The Hall–Kier alpha value is -0.650. The monoisotopic (exact) mass is 308 g/mol. The highest BCUT2D eigenvalue weighted by Crippen LogP contribution is 2.44. The number of rotatable bonds is 6. The van der Waals surface area contributed by atoms with E-state index in [2.05, 4.69) is 29.0 Å². The molecule has 1 aromatic heterocycles. The molecule has 0 radical (unpaired) electrons. The molecule has 4 nitrogen and oxygen atoms in total. The summed E-state index contributed by atoms with van der Waals surface area (Å²) in [5.74, 6) is 1.51.